The first-order valence-electron chi connectivity index (χ1n) is 9.82. The quantitative estimate of drug-likeness (QED) is 0.529. The molecule has 0 bridgehead atoms. The molecule has 1 amide bonds. The molecule has 4 heteroatoms. The van der Waals surface area contributed by atoms with Gasteiger partial charge in [-0.05, 0) is 63.5 Å². The number of hydrogen-bond donors (Lipinski definition) is 0. The monoisotopic (exact) mass is 437 g/mol. The summed E-state index contributed by atoms with van der Waals surface area (Å²) in [5.41, 5.74) is 1.39. The van der Waals surface area contributed by atoms with Gasteiger partial charge < -0.3 is 9.64 Å². The molecule has 0 N–H and O–H groups in total. The van der Waals surface area contributed by atoms with Gasteiger partial charge in [0.25, 0.3) is 5.91 Å². The summed E-state index contributed by atoms with van der Waals surface area (Å²) < 4.78 is 6.75. The number of halogens is 1. The number of carbonyl (C=O) groups is 1. The van der Waals surface area contributed by atoms with E-state index >= 15 is 0 Å². The van der Waals surface area contributed by atoms with Gasteiger partial charge in [0.1, 0.15) is 5.75 Å². The Morgan fingerprint density at radius 2 is 1.68 bits per heavy atom. The van der Waals surface area contributed by atoms with Crippen molar-refractivity contribution in [2.24, 2.45) is 5.92 Å². The molecule has 3 nitrogen and oxygen atoms in total. The summed E-state index contributed by atoms with van der Waals surface area (Å²) in [4.78, 5) is 14.5. The van der Waals surface area contributed by atoms with Crippen LogP contribution in [0.5, 0.6) is 5.75 Å². The highest BCUT2D eigenvalue weighted by molar-refractivity contribution is 9.10. The summed E-state index contributed by atoms with van der Waals surface area (Å²) in [5, 5.41) is 2.24. The van der Waals surface area contributed by atoms with Gasteiger partial charge in [0.05, 0.1) is 4.47 Å². The first-order chi connectivity index (χ1) is 13.7. The van der Waals surface area contributed by atoms with E-state index in [9.17, 15) is 4.79 Å². The van der Waals surface area contributed by atoms with Gasteiger partial charge >= 0.3 is 0 Å². The van der Waals surface area contributed by atoms with Crippen LogP contribution < -0.4 is 4.74 Å². The van der Waals surface area contributed by atoms with Crippen LogP contribution >= 0.6 is 15.9 Å². The Labute approximate surface area is 174 Å². The van der Waals surface area contributed by atoms with Crippen LogP contribution in [-0.2, 0) is 11.2 Å². The van der Waals surface area contributed by atoms with Crippen molar-refractivity contribution in [1.82, 2.24) is 4.90 Å². The normalized spacial score (nSPS) is 15.0. The second-order valence-electron chi connectivity index (χ2n) is 7.40. The Bertz CT molecular complexity index is 949. The first-order valence-corrected chi connectivity index (χ1v) is 10.6. The molecule has 1 aliphatic rings. The van der Waals surface area contributed by atoms with E-state index in [0.29, 0.717) is 11.7 Å². The fraction of sp³-hybridized carbons (Fsp3) is 0.292. The van der Waals surface area contributed by atoms with Crippen LogP contribution in [-0.4, -0.2) is 30.5 Å². The molecule has 1 aliphatic heterocycles. The van der Waals surface area contributed by atoms with Crippen molar-refractivity contribution >= 4 is 32.6 Å². The minimum atomic E-state index is 0.0678. The molecule has 0 aromatic heterocycles. The molecule has 3 aromatic rings. The number of nitrogens with zero attached hydrogens (tertiary/aromatic N) is 1. The van der Waals surface area contributed by atoms with Crippen molar-refractivity contribution in [3.05, 3.63) is 76.8 Å². The van der Waals surface area contributed by atoms with Gasteiger partial charge in [-0.2, -0.15) is 0 Å². The summed E-state index contributed by atoms with van der Waals surface area (Å²) in [7, 11) is 0. The Morgan fingerprint density at radius 1 is 0.964 bits per heavy atom. The number of ether oxygens (including phenoxy) is 1. The molecule has 0 saturated carbocycles. The number of carbonyl (C=O) groups excluding carboxylic acids is 1. The Morgan fingerprint density at radius 3 is 2.46 bits per heavy atom. The van der Waals surface area contributed by atoms with Crippen molar-refractivity contribution < 1.29 is 9.53 Å². The van der Waals surface area contributed by atoms with E-state index in [2.05, 4.69) is 52.3 Å². The molecule has 0 spiro atoms. The molecular weight excluding hydrogens is 414 g/mol. The summed E-state index contributed by atoms with van der Waals surface area (Å²) in [6.45, 7) is 1.72. The molecule has 1 heterocycles. The SMILES string of the molecule is O=C(COc1ccc2ccccc2c1Br)N1CCC(Cc2ccccc2)CC1. The summed E-state index contributed by atoms with van der Waals surface area (Å²) in [5.74, 6) is 1.44. The highest BCUT2D eigenvalue weighted by atomic mass is 79.9. The average Bonchev–Trinajstić information content (AvgIpc) is 2.74. The topological polar surface area (TPSA) is 29.5 Å². The van der Waals surface area contributed by atoms with Crippen LogP contribution in [0, 0.1) is 5.92 Å². The van der Waals surface area contributed by atoms with Crippen LogP contribution in [0.4, 0.5) is 0 Å². The standard InChI is InChI=1S/C24H24BrNO2/c25-24-21-9-5-4-8-20(21)10-11-22(24)28-17-23(27)26-14-12-19(13-15-26)16-18-6-2-1-3-7-18/h1-11,19H,12-17H2. The van der Waals surface area contributed by atoms with Crippen molar-refractivity contribution in [2.75, 3.05) is 19.7 Å². The van der Waals surface area contributed by atoms with E-state index in [-0.39, 0.29) is 12.5 Å². The predicted molar refractivity (Wildman–Crippen MR) is 117 cm³/mol. The summed E-state index contributed by atoms with van der Waals surface area (Å²) in [6.07, 6.45) is 3.21. The van der Waals surface area contributed by atoms with E-state index in [1.807, 2.05) is 35.2 Å². The maximum Gasteiger partial charge on any atom is 0.260 e. The number of fused-ring (bicyclic) bond motifs is 1. The molecule has 0 radical (unpaired) electrons. The van der Waals surface area contributed by atoms with E-state index in [4.69, 9.17) is 4.74 Å². The molecule has 0 aliphatic carbocycles. The largest absolute Gasteiger partial charge is 0.483 e. The number of benzene rings is 3. The van der Waals surface area contributed by atoms with E-state index in [0.717, 1.165) is 47.6 Å². The van der Waals surface area contributed by atoms with Gasteiger partial charge in [-0.3, -0.25) is 4.79 Å². The van der Waals surface area contributed by atoms with Gasteiger partial charge in [0.15, 0.2) is 6.61 Å². The maximum atomic E-state index is 12.6. The van der Waals surface area contributed by atoms with Crippen LogP contribution in [0.1, 0.15) is 18.4 Å². The molecule has 4 rings (SSSR count). The fourth-order valence-electron chi connectivity index (χ4n) is 3.89. The summed E-state index contributed by atoms with van der Waals surface area (Å²) >= 11 is 3.62. The van der Waals surface area contributed by atoms with Gasteiger partial charge in [-0.25, -0.2) is 0 Å². The minimum absolute atomic E-state index is 0.0678. The molecule has 144 valence electrons. The second-order valence-corrected chi connectivity index (χ2v) is 8.19. The van der Waals surface area contributed by atoms with E-state index in [1.165, 1.54) is 5.56 Å². The van der Waals surface area contributed by atoms with E-state index < -0.39 is 0 Å². The molecule has 0 unspecified atom stereocenters. The lowest BCUT2D eigenvalue weighted by atomic mass is 9.90. The molecule has 1 saturated heterocycles. The van der Waals surface area contributed by atoms with Gasteiger partial charge in [-0.1, -0.05) is 60.7 Å². The lowest BCUT2D eigenvalue weighted by Crippen LogP contribution is -2.41. The minimum Gasteiger partial charge on any atom is -0.483 e. The van der Waals surface area contributed by atoms with Crippen LogP contribution in [0.25, 0.3) is 10.8 Å². The third kappa shape index (κ3) is 4.39. The number of piperidine rings is 1. The smallest absolute Gasteiger partial charge is 0.260 e. The number of hydrogen-bond acceptors (Lipinski definition) is 2. The number of likely N-dealkylation sites (tertiary alicyclic amines) is 1. The Balaban J connectivity index is 1.30. The van der Waals surface area contributed by atoms with Crippen molar-refractivity contribution in [3.63, 3.8) is 0 Å². The predicted octanol–water partition coefficient (Wildman–Crippen LogP) is 5.46. The van der Waals surface area contributed by atoms with Crippen molar-refractivity contribution in [1.29, 1.82) is 0 Å². The lowest BCUT2D eigenvalue weighted by Gasteiger charge is -2.32. The molecular formula is C24H24BrNO2. The van der Waals surface area contributed by atoms with Gasteiger partial charge in [0.2, 0.25) is 0 Å². The summed E-state index contributed by atoms with van der Waals surface area (Å²) in [6, 6.07) is 22.7. The fourth-order valence-corrected chi connectivity index (χ4v) is 4.50. The van der Waals surface area contributed by atoms with E-state index in [1.54, 1.807) is 0 Å². The van der Waals surface area contributed by atoms with Gasteiger partial charge in [0, 0.05) is 13.1 Å². The molecule has 28 heavy (non-hydrogen) atoms. The molecule has 3 aromatic carbocycles. The highest BCUT2D eigenvalue weighted by Gasteiger charge is 2.23. The number of amides is 1. The zero-order valence-electron chi connectivity index (χ0n) is 15.8. The third-order valence-electron chi connectivity index (χ3n) is 5.51. The molecule has 1 fully saturated rings. The van der Waals surface area contributed by atoms with Crippen molar-refractivity contribution in [3.8, 4) is 5.75 Å². The highest BCUT2D eigenvalue weighted by Crippen LogP contribution is 2.33. The maximum absolute atomic E-state index is 12.6. The van der Waals surface area contributed by atoms with Crippen molar-refractivity contribution in [2.45, 2.75) is 19.3 Å². The lowest BCUT2D eigenvalue weighted by molar-refractivity contribution is -0.134. The second kappa shape index (κ2) is 8.78. The Hall–Kier alpha value is -2.33. The first kappa shape index (κ1) is 19.0. The third-order valence-corrected chi connectivity index (χ3v) is 6.33. The van der Waals surface area contributed by atoms with Crippen LogP contribution in [0.3, 0.4) is 0 Å². The van der Waals surface area contributed by atoms with Crippen LogP contribution in [0.2, 0.25) is 0 Å². The van der Waals surface area contributed by atoms with Crippen LogP contribution in [0.15, 0.2) is 71.2 Å². The van der Waals surface area contributed by atoms with Gasteiger partial charge in [-0.15, -0.1) is 0 Å². The Kier molecular flexibility index (Phi) is 5.96. The molecule has 0 atom stereocenters. The average molecular weight is 438 g/mol. The number of rotatable bonds is 5. The zero-order valence-corrected chi connectivity index (χ0v) is 17.4. The zero-order chi connectivity index (χ0) is 19.3.